The van der Waals surface area contributed by atoms with Crippen LogP contribution >= 0.6 is 15.9 Å². The number of halogens is 1. The van der Waals surface area contributed by atoms with Crippen LogP contribution in [0.2, 0.25) is 0 Å². The fourth-order valence-electron chi connectivity index (χ4n) is 1.49. The van der Waals surface area contributed by atoms with Crippen LogP contribution in [0.3, 0.4) is 0 Å². The van der Waals surface area contributed by atoms with Crippen LogP contribution in [-0.4, -0.2) is 20.7 Å². The van der Waals surface area contributed by atoms with E-state index >= 15 is 0 Å². The van der Waals surface area contributed by atoms with Gasteiger partial charge < -0.3 is 10.1 Å². The summed E-state index contributed by atoms with van der Waals surface area (Å²) < 4.78 is 6.38. The predicted octanol–water partition coefficient (Wildman–Crippen LogP) is 3.00. The largest absolute Gasteiger partial charge is 0.497 e. The lowest BCUT2D eigenvalue weighted by atomic mass is 10.1. The van der Waals surface area contributed by atoms with Gasteiger partial charge in [-0.2, -0.15) is 0 Å². The molecule has 3 heteroatoms. The molecule has 2 nitrogen and oxygen atoms in total. The Morgan fingerprint density at radius 2 is 2.13 bits per heavy atom. The maximum atomic E-state index is 5.20. The Hall–Kier alpha value is -0.540. The Labute approximate surface area is 100 Å². The molecule has 0 radical (unpaired) electrons. The molecule has 0 aliphatic heterocycles. The standard InChI is InChI=1S/C12H18BrNO/c1-14-8-4-3-5-10-9-11(15-2)6-7-12(10)13/h6-7,9,14H,3-5,8H2,1-2H3. The van der Waals surface area contributed by atoms with E-state index < -0.39 is 0 Å². The summed E-state index contributed by atoms with van der Waals surface area (Å²) in [5.74, 6) is 0.932. The van der Waals surface area contributed by atoms with Gasteiger partial charge in [-0.1, -0.05) is 15.9 Å². The predicted molar refractivity (Wildman–Crippen MR) is 67.6 cm³/mol. The second kappa shape index (κ2) is 6.85. The van der Waals surface area contributed by atoms with Crippen LogP contribution in [0.15, 0.2) is 22.7 Å². The number of rotatable bonds is 6. The quantitative estimate of drug-likeness (QED) is 0.804. The average molecular weight is 272 g/mol. The van der Waals surface area contributed by atoms with E-state index in [1.165, 1.54) is 22.9 Å². The van der Waals surface area contributed by atoms with Crippen molar-refractivity contribution in [3.63, 3.8) is 0 Å². The van der Waals surface area contributed by atoms with Crippen molar-refractivity contribution in [2.24, 2.45) is 0 Å². The lowest BCUT2D eigenvalue weighted by Crippen LogP contribution is -2.07. The molecule has 0 unspecified atom stereocenters. The van der Waals surface area contributed by atoms with E-state index in [9.17, 15) is 0 Å². The summed E-state index contributed by atoms with van der Waals surface area (Å²) in [5, 5.41) is 3.15. The first kappa shape index (κ1) is 12.5. The lowest BCUT2D eigenvalue weighted by molar-refractivity contribution is 0.414. The first-order valence-electron chi connectivity index (χ1n) is 5.25. The average Bonchev–Trinajstić information content (AvgIpc) is 2.26. The van der Waals surface area contributed by atoms with Crippen molar-refractivity contribution in [3.05, 3.63) is 28.2 Å². The molecular weight excluding hydrogens is 254 g/mol. The minimum absolute atomic E-state index is 0.932. The van der Waals surface area contributed by atoms with Crippen LogP contribution in [0.25, 0.3) is 0 Å². The van der Waals surface area contributed by atoms with Crippen molar-refractivity contribution in [2.45, 2.75) is 19.3 Å². The number of hydrogen-bond acceptors (Lipinski definition) is 2. The fourth-order valence-corrected chi connectivity index (χ4v) is 1.93. The summed E-state index contributed by atoms with van der Waals surface area (Å²) in [7, 11) is 3.69. The van der Waals surface area contributed by atoms with Crippen LogP contribution in [-0.2, 0) is 6.42 Å². The molecule has 0 aromatic heterocycles. The van der Waals surface area contributed by atoms with Gasteiger partial charge in [0.15, 0.2) is 0 Å². The first-order chi connectivity index (χ1) is 7.27. The molecule has 0 saturated heterocycles. The van der Waals surface area contributed by atoms with Gasteiger partial charge in [-0.3, -0.25) is 0 Å². The second-order valence-electron chi connectivity index (χ2n) is 3.52. The zero-order chi connectivity index (χ0) is 11.1. The van der Waals surface area contributed by atoms with Crippen molar-refractivity contribution in [3.8, 4) is 5.75 Å². The molecule has 15 heavy (non-hydrogen) atoms. The van der Waals surface area contributed by atoms with Gasteiger partial charge in [0, 0.05) is 4.47 Å². The highest BCUT2D eigenvalue weighted by Gasteiger charge is 2.01. The summed E-state index contributed by atoms with van der Waals surface area (Å²) in [6.07, 6.45) is 3.51. The smallest absolute Gasteiger partial charge is 0.119 e. The van der Waals surface area contributed by atoms with Gasteiger partial charge in [0.25, 0.3) is 0 Å². The normalized spacial score (nSPS) is 10.3. The fraction of sp³-hybridized carbons (Fsp3) is 0.500. The van der Waals surface area contributed by atoms with Crippen molar-refractivity contribution < 1.29 is 4.74 Å². The third kappa shape index (κ3) is 4.22. The summed E-state index contributed by atoms with van der Waals surface area (Å²) in [5.41, 5.74) is 1.32. The highest BCUT2D eigenvalue weighted by Crippen LogP contribution is 2.23. The number of methoxy groups -OCH3 is 1. The molecule has 0 atom stereocenters. The van der Waals surface area contributed by atoms with Crippen LogP contribution in [0, 0.1) is 0 Å². The van der Waals surface area contributed by atoms with Gasteiger partial charge in [0.05, 0.1) is 7.11 Å². The summed E-state index contributed by atoms with van der Waals surface area (Å²) >= 11 is 3.56. The monoisotopic (exact) mass is 271 g/mol. The van der Waals surface area contributed by atoms with Gasteiger partial charge in [-0.25, -0.2) is 0 Å². The van der Waals surface area contributed by atoms with Crippen LogP contribution in [0.4, 0.5) is 0 Å². The SMILES string of the molecule is CNCCCCc1cc(OC)ccc1Br. The summed E-state index contributed by atoms with van der Waals surface area (Å²) in [4.78, 5) is 0. The maximum Gasteiger partial charge on any atom is 0.119 e. The molecular formula is C12H18BrNO. The number of aryl methyl sites for hydroxylation is 1. The summed E-state index contributed by atoms with van der Waals surface area (Å²) in [6.45, 7) is 1.08. The minimum atomic E-state index is 0.932. The van der Waals surface area contributed by atoms with Crippen LogP contribution in [0.5, 0.6) is 5.75 Å². The molecule has 1 rings (SSSR count). The van der Waals surface area contributed by atoms with Crippen molar-refractivity contribution in [2.75, 3.05) is 20.7 Å². The van der Waals surface area contributed by atoms with E-state index in [1.807, 2.05) is 19.2 Å². The number of benzene rings is 1. The Kier molecular flexibility index (Phi) is 5.73. The molecule has 0 amide bonds. The molecule has 0 aliphatic rings. The lowest BCUT2D eigenvalue weighted by Gasteiger charge is -2.07. The topological polar surface area (TPSA) is 21.3 Å². The van der Waals surface area contributed by atoms with Gasteiger partial charge >= 0.3 is 0 Å². The Balaban J connectivity index is 2.51. The molecule has 1 aromatic carbocycles. The van der Waals surface area contributed by atoms with Gasteiger partial charge in [-0.05, 0) is 56.6 Å². The van der Waals surface area contributed by atoms with Gasteiger partial charge in [-0.15, -0.1) is 0 Å². The second-order valence-corrected chi connectivity index (χ2v) is 4.37. The van der Waals surface area contributed by atoms with E-state index in [4.69, 9.17) is 4.74 Å². The minimum Gasteiger partial charge on any atom is -0.497 e. The van der Waals surface area contributed by atoms with Crippen LogP contribution in [0.1, 0.15) is 18.4 Å². The molecule has 84 valence electrons. The van der Waals surface area contributed by atoms with E-state index in [1.54, 1.807) is 7.11 Å². The molecule has 0 aliphatic carbocycles. The van der Waals surface area contributed by atoms with Crippen molar-refractivity contribution in [1.29, 1.82) is 0 Å². The maximum absolute atomic E-state index is 5.20. The third-order valence-corrected chi connectivity index (χ3v) is 3.15. The first-order valence-corrected chi connectivity index (χ1v) is 6.04. The van der Waals surface area contributed by atoms with Crippen LogP contribution < -0.4 is 10.1 Å². The molecule has 0 bridgehead atoms. The number of ether oxygens (including phenoxy) is 1. The van der Waals surface area contributed by atoms with E-state index in [-0.39, 0.29) is 0 Å². The molecule has 0 saturated carbocycles. The molecule has 0 heterocycles. The highest BCUT2D eigenvalue weighted by atomic mass is 79.9. The van der Waals surface area contributed by atoms with Crippen molar-refractivity contribution >= 4 is 15.9 Å². The van der Waals surface area contributed by atoms with E-state index in [0.717, 1.165) is 18.7 Å². The zero-order valence-electron chi connectivity index (χ0n) is 9.35. The number of unbranched alkanes of at least 4 members (excludes halogenated alkanes) is 1. The van der Waals surface area contributed by atoms with E-state index in [2.05, 4.69) is 27.3 Å². The van der Waals surface area contributed by atoms with Gasteiger partial charge in [0.2, 0.25) is 0 Å². The Morgan fingerprint density at radius 3 is 2.80 bits per heavy atom. The molecule has 1 aromatic rings. The summed E-state index contributed by atoms with van der Waals surface area (Å²) in [6, 6.07) is 6.12. The zero-order valence-corrected chi connectivity index (χ0v) is 10.9. The van der Waals surface area contributed by atoms with Crippen molar-refractivity contribution in [1.82, 2.24) is 5.32 Å². The Morgan fingerprint density at radius 1 is 1.33 bits per heavy atom. The number of hydrogen-bond donors (Lipinski definition) is 1. The molecule has 1 N–H and O–H groups in total. The van der Waals surface area contributed by atoms with E-state index in [0.29, 0.717) is 0 Å². The number of nitrogens with one attached hydrogen (secondary N) is 1. The van der Waals surface area contributed by atoms with Gasteiger partial charge in [0.1, 0.15) is 5.75 Å². The Bertz CT molecular complexity index is 302. The third-order valence-electron chi connectivity index (χ3n) is 2.38. The highest BCUT2D eigenvalue weighted by molar-refractivity contribution is 9.10. The molecule has 0 spiro atoms. The molecule has 0 fully saturated rings.